The lowest BCUT2D eigenvalue weighted by Gasteiger charge is -2.23. The molecule has 0 bridgehead atoms. The van der Waals surface area contributed by atoms with Gasteiger partial charge in [0.2, 0.25) is 5.75 Å². The number of nitrogens with zero attached hydrogens (tertiary/aromatic N) is 2. The van der Waals surface area contributed by atoms with Crippen molar-refractivity contribution >= 4 is 18.0 Å². The molecular weight excluding hydrogens is 480 g/mol. The monoisotopic (exact) mass is 499 g/mol. The Morgan fingerprint density at radius 1 is 1.08 bits per heavy atom. The number of hydrogen-bond donors (Lipinski definition) is 2. The van der Waals surface area contributed by atoms with E-state index in [0.29, 0.717) is 10.5 Å². The van der Waals surface area contributed by atoms with Gasteiger partial charge in [0, 0.05) is 6.42 Å². The lowest BCUT2D eigenvalue weighted by atomic mass is 10.1. The Labute approximate surface area is 202 Å². The van der Waals surface area contributed by atoms with E-state index in [1.807, 2.05) is 0 Å². The van der Waals surface area contributed by atoms with Gasteiger partial charge in [-0.2, -0.15) is 0 Å². The van der Waals surface area contributed by atoms with Crippen molar-refractivity contribution in [1.29, 1.82) is 0 Å². The van der Waals surface area contributed by atoms with Crippen LogP contribution in [0.15, 0.2) is 65.5 Å². The van der Waals surface area contributed by atoms with Crippen LogP contribution in [0.2, 0.25) is 0 Å². The van der Waals surface area contributed by atoms with Crippen LogP contribution in [0.1, 0.15) is 44.7 Å². The molecule has 1 fully saturated rings. The highest BCUT2D eigenvalue weighted by Gasteiger charge is 2.49. The highest BCUT2D eigenvalue weighted by molar-refractivity contribution is 5.94. The number of carboxylic acids is 1. The molecule has 0 spiro atoms. The summed E-state index contributed by atoms with van der Waals surface area (Å²) in [5.74, 6) is -7.52. The van der Waals surface area contributed by atoms with Crippen molar-refractivity contribution in [3.63, 3.8) is 0 Å². The largest absolute Gasteiger partial charge is 0.476 e. The number of aromatic nitrogens is 2. The van der Waals surface area contributed by atoms with Crippen LogP contribution in [-0.4, -0.2) is 50.5 Å². The van der Waals surface area contributed by atoms with Gasteiger partial charge in [0.25, 0.3) is 11.5 Å². The van der Waals surface area contributed by atoms with Crippen molar-refractivity contribution in [3.8, 4) is 5.75 Å². The van der Waals surface area contributed by atoms with Gasteiger partial charge in [-0.25, -0.2) is 28.1 Å². The molecule has 186 valence electrons. The van der Waals surface area contributed by atoms with Gasteiger partial charge in [-0.1, -0.05) is 48.5 Å². The molecule has 0 radical (unpaired) electrons. The van der Waals surface area contributed by atoms with E-state index < -0.39 is 65.8 Å². The van der Waals surface area contributed by atoms with Crippen LogP contribution < -0.4 is 10.3 Å². The van der Waals surface area contributed by atoms with Gasteiger partial charge in [-0.3, -0.25) is 9.69 Å². The highest BCUT2D eigenvalue weighted by Crippen LogP contribution is 2.40. The first-order valence-electron chi connectivity index (χ1n) is 10.6. The third kappa shape index (κ3) is 5.37. The summed E-state index contributed by atoms with van der Waals surface area (Å²) in [6.07, 6.45) is -2.03. The average molecular weight is 499 g/mol. The van der Waals surface area contributed by atoms with E-state index in [2.05, 4.69) is 9.97 Å². The molecule has 0 aliphatic carbocycles. The van der Waals surface area contributed by atoms with E-state index >= 15 is 0 Å². The summed E-state index contributed by atoms with van der Waals surface area (Å²) in [7, 11) is 0. The molecule has 1 atom stereocenters. The van der Waals surface area contributed by atoms with Gasteiger partial charge >= 0.3 is 18.0 Å². The maximum atomic E-state index is 14.3. The standard InChI is InChI=1S/C24H19F2N3O7/c25-24(26)11-16(29(13-24)23(34)35-12-14-7-3-1-4-8-14)19-27-17(21(31)32)18(20(30)28-19)36-22(33)15-9-5-2-6-10-15/h1-10,16H,11-13H2,(H,31,32)(H,27,28,30)/t16-/m0/s1. The topological polar surface area (TPSA) is 139 Å². The second-order valence-electron chi connectivity index (χ2n) is 7.93. The Morgan fingerprint density at radius 2 is 1.72 bits per heavy atom. The van der Waals surface area contributed by atoms with E-state index in [0.717, 1.165) is 0 Å². The summed E-state index contributed by atoms with van der Waals surface area (Å²) in [5, 5.41) is 9.57. The number of benzene rings is 2. The Balaban J connectivity index is 1.62. The molecule has 1 aliphatic heterocycles. The minimum Gasteiger partial charge on any atom is -0.476 e. The van der Waals surface area contributed by atoms with Crippen molar-refractivity contribution in [3.05, 3.63) is 93.7 Å². The zero-order valence-electron chi connectivity index (χ0n) is 18.5. The van der Waals surface area contributed by atoms with Crippen LogP contribution in [0.5, 0.6) is 5.75 Å². The number of H-pyrrole nitrogens is 1. The second kappa shape index (κ2) is 9.94. The molecule has 12 heteroatoms. The molecular formula is C24H19F2N3O7. The Kier molecular flexibility index (Phi) is 6.77. The number of amides is 1. The number of rotatable bonds is 6. The Bertz CT molecular complexity index is 1350. The number of hydrogen-bond acceptors (Lipinski definition) is 7. The Morgan fingerprint density at radius 3 is 2.36 bits per heavy atom. The van der Waals surface area contributed by atoms with Crippen LogP contribution in [0, 0.1) is 0 Å². The van der Waals surface area contributed by atoms with E-state index in [9.17, 15) is 33.1 Å². The van der Waals surface area contributed by atoms with Gasteiger partial charge in [-0.15, -0.1) is 0 Å². The number of aromatic amines is 1. The number of aromatic carboxylic acids is 1. The van der Waals surface area contributed by atoms with Crippen LogP contribution in [0.3, 0.4) is 0 Å². The molecule has 0 saturated carbocycles. The van der Waals surface area contributed by atoms with Crippen LogP contribution in [0.25, 0.3) is 0 Å². The van der Waals surface area contributed by atoms with Crippen LogP contribution >= 0.6 is 0 Å². The summed E-state index contributed by atoms with van der Waals surface area (Å²) < 4.78 is 38.7. The van der Waals surface area contributed by atoms with Gasteiger partial charge in [0.05, 0.1) is 18.2 Å². The number of ether oxygens (including phenoxy) is 2. The SMILES string of the molecule is O=C(Oc1c(C(=O)O)nc([C@@H]2CC(F)(F)CN2C(=O)OCc2ccccc2)[nH]c1=O)c1ccccc1. The van der Waals surface area contributed by atoms with Gasteiger partial charge in [0.15, 0.2) is 5.69 Å². The van der Waals surface area contributed by atoms with Crippen LogP contribution in [0.4, 0.5) is 13.6 Å². The van der Waals surface area contributed by atoms with Gasteiger partial charge in [-0.05, 0) is 17.7 Å². The van der Waals surface area contributed by atoms with Gasteiger partial charge in [0.1, 0.15) is 12.4 Å². The average Bonchev–Trinajstić information content (AvgIpc) is 3.20. The number of carbonyl (C=O) groups excluding carboxylic acids is 2. The predicted molar refractivity (Wildman–Crippen MR) is 119 cm³/mol. The van der Waals surface area contributed by atoms with Crippen LogP contribution in [-0.2, 0) is 11.3 Å². The summed E-state index contributed by atoms with van der Waals surface area (Å²) in [4.78, 5) is 56.1. The lowest BCUT2D eigenvalue weighted by Crippen LogP contribution is -2.35. The molecule has 1 aromatic heterocycles. The Hall–Kier alpha value is -4.61. The zero-order chi connectivity index (χ0) is 25.9. The second-order valence-corrected chi connectivity index (χ2v) is 7.93. The van der Waals surface area contributed by atoms with Crippen molar-refractivity contribution in [2.75, 3.05) is 6.54 Å². The van der Waals surface area contributed by atoms with E-state index in [4.69, 9.17) is 9.47 Å². The van der Waals surface area contributed by atoms with Crippen molar-refractivity contribution in [2.45, 2.75) is 25.0 Å². The smallest absolute Gasteiger partial charge is 0.410 e. The summed E-state index contributed by atoms with van der Waals surface area (Å²) in [5.41, 5.74) is -1.49. The molecule has 0 unspecified atom stereocenters. The number of likely N-dealkylation sites (tertiary alicyclic amines) is 1. The van der Waals surface area contributed by atoms with Crippen molar-refractivity contribution < 1.29 is 37.7 Å². The molecule has 1 amide bonds. The van der Waals surface area contributed by atoms with E-state index in [1.165, 1.54) is 24.3 Å². The molecule has 4 rings (SSSR count). The van der Waals surface area contributed by atoms with Crippen molar-refractivity contribution in [1.82, 2.24) is 14.9 Å². The summed E-state index contributed by atoms with van der Waals surface area (Å²) >= 11 is 0. The first-order valence-corrected chi connectivity index (χ1v) is 10.6. The number of carboxylic acid groups (broad SMARTS) is 1. The first kappa shape index (κ1) is 24.5. The molecule has 10 nitrogen and oxygen atoms in total. The predicted octanol–water partition coefficient (Wildman–Crippen LogP) is 3.41. The fourth-order valence-electron chi connectivity index (χ4n) is 3.66. The minimum atomic E-state index is -3.35. The number of nitrogens with one attached hydrogen (secondary N) is 1. The third-order valence-corrected chi connectivity index (χ3v) is 5.33. The molecule has 2 heterocycles. The van der Waals surface area contributed by atoms with E-state index in [-0.39, 0.29) is 12.2 Å². The third-order valence-electron chi connectivity index (χ3n) is 5.33. The molecule has 2 N–H and O–H groups in total. The normalized spacial score (nSPS) is 16.4. The number of esters is 1. The molecule has 1 aliphatic rings. The molecule has 2 aromatic carbocycles. The quantitative estimate of drug-likeness (QED) is 0.492. The lowest BCUT2D eigenvalue weighted by molar-refractivity contribution is 0.0101. The highest BCUT2D eigenvalue weighted by atomic mass is 19.3. The number of carbonyl (C=O) groups is 3. The first-order chi connectivity index (χ1) is 17.1. The molecule has 36 heavy (non-hydrogen) atoms. The number of halogens is 2. The van der Waals surface area contributed by atoms with Crippen molar-refractivity contribution in [2.24, 2.45) is 0 Å². The van der Waals surface area contributed by atoms with E-state index in [1.54, 1.807) is 36.4 Å². The molecule has 1 saturated heterocycles. The maximum Gasteiger partial charge on any atom is 0.410 e. The molecule has 3 aromatic rings. The maximum absolute atomic E-state index is 14.3. The summed E-state index contributed by atoms with van der Waals surface area (Å²) in [6.45, 7) is -1.21. The zero-order valence-corrected chi connectivity index (χ0v) is 18.5. The minimum absolute atomic E-state index is 0.0417. The fourth-order valence-corrected chi connectivity index (χ4v) is 3.66. The fraction of sp³-hybridized carbons (Fsp3) is 0.208. The summed E-state index contributed by atoms with van der Waals surface area (Å²) in [6, 6.07) is 14.5. The number of alkyl halides is 2. The van der Waals surface area contributed by atoms with Gasteiger partial charge < -0.3 is 19.6 Å².